The van der Waals surface area contributed by atoms with E-state index in [9.17, 15) is 4.39 Å². The summed E-state index contributed by atoms with van der Waals surface area (Å²) in [5, 5.41) is 3.21. The number of hydrogen-bond donors (Lipinski definition) is 0. The van der Waals surface area contributed by atoms with E-state index in [1.807, 2.05) is 6.92 Å². The number of thiazole rings is 1. The monoisotopic (exact) mass is 269 g/mol. The normalized spacial score (nSPS) is 30.0. The summed E-state index contributed by atoms with van der Waals surface area (Å²) < 4.78 is 13.7. The molecule has 0 N–H and O–H groups in total. The Hall–Kier alpha value is -0.680. The van der Waals surface area contributed by atoms with E-state index in [0.29, 0.717) is 0 Å². The molecule has 1 aromatic heterocycles. The number of rotatable bonds is 2. The maximum Gasteiger partial charge on any atom is 0.185 e. The number of piperazine rings is 1. The fourth-order valence-corrected chi connectivity index (χ4v) is 3.90. The summed E-state index contributed by atoms with van der Waals surface area (Å²) in [6, 6.07) is 0.185. The molecule has 100 valence electrons. The molecule has 3 nitrogen and oxygen atoms in total. The number of halogens is 1. The minimum atomic E-state index is -0.598. The van der Waals surface area contributed by atoms with Gasteiger partial charge in [-0.05, 0) is 26.2 Å². The number of hydrogen-bond acceptors (Lipinski definition) is 4. The van der Waals surface area contributed by atoms with Crippen molar-refractivity contribution in [2.75, 3.05) is 31.1 Å². The molecule has 1 aromatic rings. The second-order valence-electron chi connectivity index (χ2n) is 5.31. The molecule has 1 aliphatic carbocycles. The Morgan fingerprint density at radius 1 is 1.28 bits per heavy atom. The van der Waals surface area contributed by atoms with Gasteiger partial charge in [0.2, 0.25) is 0 Å². The van der Waals surface area contributed by atoms with Crippen LogP contribution in [0, 0.1) is 6.92 Å². The van der Waals surface area contributed by atoms with Crippen molar-refractivity contribution in [3.63, 3.8) is 0 Å². The van der Waals surface area contributed by atoms with Gasteiger partial charge in [-0.25, -0.2) is 9.37 Å². The van der Waals surface area contributed by atoms with E-state index in [-0.39, 0.29) is 6.04 Å². The summed E-state index contributed by atoms with van der Waals surface area (Å²) >= 11 is 1.71. The summed E-state index contributed by atoms with van der Waals surface area (Å²) in [5.41, 5.74) is 1.09. The molecule has 0 aromatic carbocycles. The number of nitrogens with zero attached hydrogens (tertiary/aromatic N) is 3. The van der Waals surface area contributed by atoms with Crippen molar-refractivity contribution in [3.05, 3.63) is 11.1 Å². The Kier molecular flexibility index (Phi) is 3.52. The van der Waals surface area contributed by atoms with Crippen LogP contribution in [0.4, 0.5) is 9.52 Å². The first-order chi connectivity index (χ1) is 8.74. The van der Waals surface area contributed by atoms with Gasteiger partial charge in [-0.2, -0.15) is 0 Å². The molecule has 1 saturated carbocycles. The van der Waals surface area contributed by atoms with Gasteiger partial charge in [-0.1, -0.05) is 0 Å². The van der Waals surface area contributed by atoms with Gasteiger partial charge in [-0.3, -0.25) is 4.90 Å². The highest BCUT2D eigenvalue weighted by molar-refractivity contribution is 7.13. The molecule has 2 atom stereocenters. The molecule has 0 bridgehead atoms. The van der Waals surface area contributed by atoms with E-state index < -0.39 is 6.17 Å². The van der Waals surface area contributed by atoms with Crippen LogP contribution in [-0.4, -0.2) is 48.3 Å². The van der Waals surface area contributed by atoms with E-state index in [1.165, 1.54) is 0 Å². The fourth-order valence-electron chi connectivity index (χ4n) is 3.04. The van der Waals surface area contributed by atoms with Crippen LogP contribution in [0.5, 0.6) is 0 Å². The van der Waals surface area contributed by atoms with Crippen LogP contribution >= 0.6 is 11.3 Å². The van der Waals surface area contributed by atoms with E-state index in [4.69, 9.17) is 0 Å². The maximum atomic E-state index is 13.7. The van der Waals surface area contributed by atoms with E-state index >= 15 is 0 Å². The lowest BCUT2D eigenvalue weighted by Gasteiger charge is -2.38. The lowest BCUT2D eigenvalue weighted by atomic mass is 10.1. The molecule has 3 rings (SSSR count). The van der Waals surface area contributed by atoms with Gasteiger partial charge in [0.05, 0.1) is 5.69 Å². The first-order valence-corrected chi connectivity index (χ1v) is 7.67. The largest absolute Gasteiger partial charge is 0.346 e. The van der Waals surface area contributed by atoms with Gasteiger partial charge < -0.3 is 4.90 Å². The summed E-state index contributed by atoms with van der Waals surface area (Å²) in [6.45, 7) is 5.95. The van der Waals surface area contributed by atoms with E-state index in [0.717, 1.165) is 56.3 Å². The predicted molar refractivity (Wildman–Crippen MR) is 73.2 cm³/mol. The van der Waals surface area contributed by atoms with Crippen LogP contribution in [0.15, 0.2) is 5.38 Å². The number of aromatic nitrogens is 1. The zero-order valence-electron chi connectivity index (χ0n) is 10.8. The maximum absolute atomic E-state index is 13.7. The van der Waals surface area contributed by atoms with Crippen molar-refractivity contribution in [1.82, 2.24) is 9.88 Å². The molecule has 1 aliphatic heterocycles. The van der Waals surface area contributed by atoms with E-state index in [1.54, 1.807) is 11.3 Å². The van der Waals surface area contributed by atoms with Gasteiger partial charge in [-0.15, -0.1) is 11.3 Å². The molecule has 0 amide bonds. The van der Waals surface area contributed by atoms with Gasteiger partial charge in [0, 0.05) is 37.6 Å². The van der Waals surface area contributed by atoms with Gasteiger partial charge in [0.1, 0.15) is 6.17 Å². The molecule has 2 heterocycles. The minimum Gasteiger partial charge on any atom is -0.346 e. The second kappa shape index (κ2) is 5.13. The molecule has 0 radical (unpaired) electrons. The standard InChI is InChI=1S/C13H20FN3S/c1-10-9-18-13(15-10)17-7-5-16(6-8-17)12-4-2-3-11(12)14/h9,11-12H,2-8H2,1H3/t11-,12-/m1/s1. The fraction of sp³-hybridized carbons (Fsp3) is 0.769. The zero-order chi connectivity index (χ0) is 12.5. The van der Waals surface area contributed by atoms with Crippen molar-refractivity contribution in [1.29, 1.82) is 0 Å². The van der Waals surface area contributed by atoms with Crippen LogP contribution < -0.4 is 4.90 Å². The summed E-state index contributed by atoms with van der Waals surface area (Å²) in [6.07, 6.45) is 2.25. The average molecular weight is 269 g/mol. The van der Waals surface area contributed by atoms with Crippen molar-refractivity contribution < 1.29 is 4.39 Å². The van der Waals surface area contributed by atoms with Crippen LogP contribution in [-0.2, 0) is 0 Å². The molecular weight excluding hydrogens is 249 g/mol. The van der Waals surface area contributed by atoms with Crippen molar-refractivity contribution in [2.45, 2.75) is 38.4 Å². The molecular formula is C13H20FN3S. The Bertz CT molecular complexity index is 401. The highest BCUT2D eigenvalue weighted by atomic mass is 32.1. The molecule has 2 fully saturated rings. The lowest BCUT2D eigenvalue weighted by Crippen LogP contribution is -2.51. The Morgan fingerprint density at radius 2 is 2.06 bits per heavy atom. The van der Waals surface area contributed by atoms with Crippen molar-refractivity contribution in [3.8, 4) is 0 Å². The van der Waals surface area contributed by atoms with Crippen LogP contribution in [0.25, 0.3) is 0 Å². The summed E-state index contributed by atoms with van der Waals surface area (Å²) in [4.78, 5) is 9.20. The predicted octanol–water partition coefficient (Wildman–Crippen LogP) is 2.46. The van der Waals surface area contributed by atoms with Crippen molar-refractivity contribution in [2.24, 2.45) is 0 Å². The second-order valence-corrected chi connectivity index (χ2v) is 6.15. The quantitative estimate of drug-likeness (QED) is 0.822. The molecule has 5 heteroatoms. The Morgan fingerprint density at radius 3 is 2.61 bits per heavy atom. The summed E-state index contributed by atoms with van der Waals surface area (Å²) in [7, 11) is 0. The Balaban J connectivity index is 1.58. The third kappa shape index (κ3) is 2.38. The minimum absolute atomic E-state index is 0.185. The van der Waals surface area contributed by atoms with E-state index in [2.05, 4.69) is 20.2 Å². The number of alkyl halides is 1. The first kappa shape index (κ1) is 12.4. The lowest BCUT2D eigenvalue weighted by molar-refractivity contribution is 0.125. The molecule has 2 aliphatic rings. The highest BCUT2D eigenvalue weighted by Gasteiger charge is 2.33. The first-order valence-electron chi connectivity index (χ1n) is 6.79. The number of aryl methyl sites for hydroxylation is 1. The zero-order valence-corrected chi connectivity index (χ0v) is 11.6. The van der Waals surface area contributed by atoms with Gasteiger partial charge in [0.15, 0.2) is 5.13 Å². The van der Waals surface area contributed by atoms with Crippen molar-refractivity contribution >= 4 is 16.5 Å². The third-order valence-electron chi connectivity index (χ3n) is 4.06. The highest BCUT2D eigenvalue weighted by Crippen LogP contribution is 2.29. The van der Waals surface area contributed by atoms with Crippen LogP contribution in [0.3, 0.4) is 0 Å². The number of anilines is 1. The average Bonchev–Trinajstić information content (AvgIpc) is 2.98. The van der Waals surface area contributed by atoms with Gasteiger partial charge >= 0.3 is 0 Å². The smallest absolute Gasteiger partial charge is 0.185 e. The molecule has 0 spiro atoms. The molecule has 0 unspecified atom stereocenters. The van der Waals surface area contributed by atoms with Gasteiger partial charge in [0.25, 0.3) is 0 Å². The van der Waals surface area contributed by atoms with Crippen LogP contribution in [0.2, 0.25) is 0 Å². The topological polar surface area (TPSA) is 19.4 Å². The molecule has 1 saturated heterocycles. The van der Waals surface area contributed by atoms with Crippen LogP contribution in [0.1, 0.15) is 25.0 Å². The Labute approximate surface area is 112 Å². The molecule has 18 heavy (non-hydrogen) atoms. The SMILES string of the molecule is Cc1csc(N2CCN([C@@H]3CCC[C@H]3F)CC2)n1. The third-order valence-corrected chi connectivity index (χ3v) is 5.08. The summed E-state index contributed by atoms with van der Waals surface area (Å²) in [5.74, 6) is 0.